The molecule has 1 aliphatic rings. The Kier molecular flexibility index (Phi) is 5.66. The zero-order valence-corrected chi connectivity index (χ0v) is 14.7. The third-order valence-corrected chi connectivity index (χ3v) is 4.85. The molecular weight excluding hydrogens is 333 g/mol. The minimum absolute atomic E-state index is 0.0416. The van der Waals surface area contributed by atoms with Crippen LogP contribution in [-0.2, 0) is 20.7 Å². The van der Waals surface area contributed by atoms with Crippen LogP contribution in [0.1, 0.15) is 47.9 Å². The van der Waals surface area contributed by atoms with Crippen LogP contribution in [0.15, 0.2) is 48.5 Å². The molecule has 0 heterocycles. The number of esters is 1. The van der Waals surface area contributed by atoms with Gasteiger partial charge in [0.15, 0.2) is 0 Å². The van der Waals surface area contributed by atoms with E-state index in [4.69, 9.17) is 4.74 Å². The summed E-state index contributed by atoms with van der Waals surface area (Å²) in [7, 11) is 1.30. The Morgan fingerprint density at radius 1 is 1.23 bits per heavy atom. The van der Waals surface area contributed by atoms with Crippen molar-refractivity contribution in [1.82, 2.24) is 5.32 Å². The number of benzene rings is 2. The molecule has 0 spiro atoms. The van der Waals surface area contributed by atoms with Crippen LogP contribution >= 0.6 is 0 Å². The smallest absolute Gasteiger partial charge is 0.307 e. The Balaban J connectivity index is 1.83. The molecule has 0 aliphatic heterocycles. The SMILES string of the molecule is COC(=O)CC(NC(=O)C1CCCc2ccccc21)c1cccc(F)c1. The first-order valence-electron chi connectivity index (χ1n) is 8.79. The highest BCUT2D eigenvalue weighted by Crippen LogP contribution is 2.32. The van der Waals surface area contributed by atoms with Crippen molar-refractivity contribution in [2.75, 3.05) is 7.11 Å². The Labute approximate surface area is 152 Å². The Morgan fingerprint density at radius 2 is 2.04 bits per heavy atom. The summed E-state index contributed by atoms with van der Waals surface area (Å²) in [5, 5.41) is 2.93. The number of hydrogen-bond acceptors (Lipinski definition) is 3. The first kappa shape index (κ1) is 18.1. The van der Waals surface area contributed by atoms with E-state index in [-0.39, 0.29) is 18.2 Å². The van der Waals surface area contributed by atoms with Gasteiger partial charge in [0.05, 0.1) is 25.5 Å². The molecule has 0 radical (unpaired) electrons. The number of aryl methyl sites for hydroxylation is 1. The van der Waals surface area contributed by atoms with E-state index in [2.05, 4.69) is 5.32 Å². The van der Waals surface area contributed by atoms with Crippen LogP contribution in [0.4, 0.5) is 4.39 Å². The number of nitrogens with one attached hydrogen (secondary N) is 1. The number of amides is 1. The van der Waals surface area contributed by atoms with Gasteiger partial charge in [-0.2, -0.15) is 0 Å². The number of carbonyl (C=O) groups excluding carboxylic acids is 2. The molecule has 1 aliphatic carbocycles. The number of ether oxygens (including phenoxy) is 1. The molecule has 0 bridgehead atoms. The van der Waals surface area contributed by atoms with Crippen molar-refractivity contribution in [1.29, 1.82) is 0 Å². The van der Waals surface area contributed by atoms with E-state index >= 15 is 0 Å². The average Bonchev–Trinajstić information content (AvgIpc) is 2.66. The monoisotopic (exact) mass is 355 g/mol. The zero-order valence-electron chi connectivity index (χ0n) is 14.7. The fraction of sp³-hybridized carbons (Fsp3) is 0.333. The molecule has 0 aromatic heterocycles. The van der Waals surface area contributed by atoms with E-state index in [0.29, 0.717) is 5.56 Å². The Hall–Kier alpha value is -2.69. The zero-order chi connectivity index (χ0) is 18.5. The highest BCUT2D eigenvalue weighted by Gasteiger charge is 2.29. The van der Waals surface area contributed by atoms with Crippen molar-refractivity contribution in [2.45, 2.75) is 37.6 Å². The van der Waals surface area contributed by atoms with Gasteiger partial charge in [0.1, 0.15) is 5.82 Å². The fourth-order valence-electron chi connectivity index (χ4n) is 3.52. The lowest BCUT2D eigenvalue weighted by atomic mass is 9.82. The average molecular weight is 355 g/mol. The molecule has 2 atom stereocenters. The molecule has 136 valence electrons. The number of carbonyl (C=O) groups is 2. The van der Waals surface area contributed by atoms with Crippen LogP contribution < -0.4 is 5.32 Å². The van der Waals surface area contributed by atoms with E-state index in [1.54, 1.807) is 12.1 Å². The molecule has 1 N–H and O–H groups in total. The Morgan fingerprint density at radius 3 is 2.81 bits per heavy atom. The van der Waals surface area contributed by atoms with Crippen LogP contribution in [0.3, 0.4) is 0 Å². The van der Waals surface area contributed by atoms with Crippen LogP contribution in [0.25, 0.3) is 0 Å². The summed E-state index contributed by atoms with van der Waals surface area (Å²) in [4.78, 5) is 24.7. The van der Waals surface area contributed by atoms with E-state index in [9.17, 15) is 14.0 Å². The summed E-state index contributed by atoms with van der Waals surface area (Å²) < 4.78 is 18.3. The van der Waals surface area contributed by atoms with Crippen molar-refractivity contribution >= 4 is 11.9 Å². The normalized spacial score (nSPS) is 17.1. The number of halogens is 1. The van der Waals surface area contributed by atoms with Crippen molar-refractivity contribution in [3.05, 3.63) is 71.0 Å². The second-order valence-corrected chi connectivity index (χ2v) is 6.54. The predicted molar refractivity (Wildman–Crippen MR) is 96.0 cm³/mol. The second-order valence-electron chi connectivity index (χ2n) is 6.54. The third kappa shape index (κ3) is 4.10. The summed E-state index contributed by atoms with van der Waals surface area (Å²) in [6.45, 7) is 0. The molecule has 0 saturated carbocycles. The van der Waals surface area contributed by atoms with E-state index < -0.39 is 17.8 Å². The minimum Gasteiger partial charge on any atom is -0.469 e. The largest absolute Gasteiger partial charge is 0.469 e. The van der Waals surface area contributed by atoms with Crippen molar-refractivity contribution < 1.29 is 18.7 Å². The van der Waals surface area contributed by atoms with Gasteiger partial charge in [-0.25, -0.2) is 4.39 Å². The summed E-state index contributed by atoms with van der Waals surface area (Å²) in [5.74, 6) is -1.26. The van der Waals surface area contributed by atoms with Crippen LogP contribution in [-0.4, -0.2) is 19.0 Å². The standard InChI is InChI=1S/C21H22FNO3/c1-26-20(24)13-19(15-8-4-9-16(22)12-15)23-21(25)18-11-5-7-14-6-2-3-10-17(14)18/h2-4,6,8-10,12,18-19H,5,7,11,13H2,1H3,(H,23,25). The first-order valence-corrected chi connectivity index (χ1v) is 8.79. The molecule has 2 aromatic rings. The fourth-order valence-corrected chi connectivity index (χ4v) is 3.52. The molecule has 0 saturated heterocycles. The minimum atomic E-state index is -0.625. The lowest BCUT2D eigenvalue weighted by Crippen LogP contribution is -2.35. The van der Waals surface area contributed by atoms with E-state index in [1.807, 2.05) is 24.3 Å². The first-order chi connectivity index (χ1) is 12.6. The second kappa shape index (κ2) is 8.13. The van der Waals surface area contributed by atoms with Gasteiger partial charge in [0, 0.05) is 0 Å². The number of fused-ring (bicyclic) bond motifs is 1. The van der Waals surface area contributed by atoms with Crippen molar-refractivity contribution in [2.24, 2.45) is 0 Å². The predicted octanol–water partition coefficient (Wildman–Crippen LogP) is 3.67. The van der Waals surface area contributed by atoms with Gasteiger partial charge in [-0.15, -0.1) is 0 Å². The van der Waals surface area contributed by atoms with Gasteiger partial charge in [-0.3, -0.25) is 9.59 Å². The molecule has 3 rings (SSSR count). The van der Waals surface area contributed by atoms with Gasteiger partial charge in [-0.1, -0.05) is 36.4 Å². The number of hydrogen-bond donors (Lipinski definition) is 1. The quantitative estimate of drug-likeness (QED) is 0.833. The summed E-state index contributed by atoms with van der Waals surface area (Å²) in [6.07, 6.45) is 2.63. The summed E-state index contributed by atoms with van der Waals surface area (Å²) in [5.41, 5.74) is 2.77. The molecule has 2 unspecified atom stereocenters. The number of methoxy groups -OCH3 is 1. The summed E-state index contributed by atoms with van der Waals surface area (Å²) in [6, 6.07) is 13.3. The van der Waals surface area contributed by atoms with Gasteiger partial charge in [0.25, 0.3) is 0 Å². The van der Waals surface area contributed by atoms with Crippen LogP contribution in [0.5, 0.6) is 0 Å². The maximum Gasteiger partial charge on any atom is 0.307 e. The molecule has 2 aromatic carbocycles. The molecule has 26 heavy (non-hydrogen) atoms. The molecule has 5 heteroatoms. The number of rotatable bonds is 5. The molecular formula is C21H22FNO3. The van der Waals surface area contributed by atoms with Crippen molar-refractivity contribution in [3.8, 4) is 0 Å². The summed E-state index contributed by atoms with van der Waals surface area (Å²) >= 11 is 0. The van der Waals surface area contributed by atoms with Gasteiger partial charge in [0.2, 0.25) is 5.91 Å². The maximum atomic E-state index is 13.6. The lowest BCUT2D eigenvalue weighted by molar-refractivity contribution is -0.141. The molecule has 1 amide bonds. The Bertz CT molecular complexity index is 805. The van der Waals surface area contributed by atoms with Gasteiger partial charge < -0.3 is 10.1 Å². The highest BCUT2D eigenvalue weighted by atomic mass is 19.1. The van der Waals surface area contributed by atoms with Crippen molar-refractivity contribution in [3.63, 3.8) is 0 Å². The lowest BCUT2D eigenvalue weighted by Gasteiger charge is -2.27. The van der Waals surface area contributed by atoms with E-state index in [1.165, 1.54) is 24.8 Å². The van der Waals surface area contributed by atoms with Crippen LogP contribution in [0, 0.1) is 5.82 Å². The van der Waals surface area contributed by atoms with Crippen LogP contribution in [0.2, 0.25) is 0 Å². The molecule has 4 nitrogen and oxygen atoms in total. The van der Waals surface area contributed by atoms with Gasteiger partial charge in [-0.05, 0) is 48.1 Å². The van der Waals surface area contributed by atoms with Gasteiger partial charge >= 0.3 is 5.97 Å². The van der Waals surface area contributed by atoms with E-state index in [0.717, 1.165) is 24.8 Å². The topological polar surface area (TPSA) is 55.4 Å². The third-order valence-electron chi connectivity index (χ3n) is 4.85. The maximum absolute atomic E-state index is 13.6. The highest BCUT2D eigenvalue weighted by molar-refractivity contribution is 5.85. The molecule has 0 fully saturated rings.